The zero-order valence-electron chi connectivity index (χ0n) is 23.9. The fraction of sp³-hybridized carbons (Fsp3) is 0.452. The molecule has 0 aliphatic carbocycles. The van der Waals surface area contributed by atoms with Gasteiger partial charge in [-0.1, -0.05) is 6.58 Å². The molecule has 4 heterocycles. The van der Waals surface area contributed by atoms with Gasteiger partial charge in [0.25, 0.3) is 0 Å². The van der Waals surface area contributed by atoms with Crippen LogP contribution in [-0.4, -0.2) is 82.0 Å². The second-order valence-electron chi connectivity index (χ2n) is 11.7. The van der Waals surface area contributed by atoms with Gasteiger partial charge >= 0.3 is 5.69 Å². The van der Waals surface area contributed by atoms with E-state index in [1.165, 1.54) is 18.2 Å². The first-order valence-electron chi connectivity index (χ1n) is 14.3. The minimum atomic E-state index is -0.878. The molecule has 2 saturated heterocycles. The number of anilines is 1. The number of amides is 1. The van der Waals surface area contributed by atoms with Crippen molar-refractivity contribution in [3.8, 4) is 11.1 Å². The van der Waals surface area contributed by atoms with E-state index in [9.17, 15) is 18.4 Å². The zero-order chi connectivity index (χ0) is 29.9. The van der Waals surface area contributed by atoms with Gasteiger partial charge in [0, 0.05) is 78.0 Å². The van der Waals surface area contributed by atoms with Gasteiger partial charge in [-0.3, -0.25) is 14.3 Å². The van der Waals surface area contributed by atoms with Crippen molar-refractivity contribution in [3.63, 3.8) is 0 Å². The van der Waals surface area contributed by atoms with Crippen LogP contribution in [-0.2, 0) is 4.79 Å². The second kappa shape index (κ2) is 11.1. The van der Waals surface area contributed by atoms with Crippen LogP contribution in [0.1, 0.15) is 31.9 Å². The normalized spacial score (nSPS) is 24.4. The van der Waals surface area contributed by atoms with Crippen LogP contribution in [0.4, 0.5) is 19.0 Å². The van der Waals surface area contributed by atoms with E-state index in [-0.39, 0.29) is 29.6 Å². The Morgan fingerprint density at radius 1 is 1.17 bits per heavy atom. The van der Waals surface area contributed by atoms with Crippen LogP contribution in [0.15, 0.2) is 46.6 Å². The lowest BCUT2D eigenvalue weighted by molar-refractivity contribution is -0.128. The monoisotopic (exact) mass is 597 g/mol. The van der Waals surface area contributed by atoms with Gasteiger partial charge in [0.1, 0.15) is 23.6 Å². The number of rotatable bonds is 5. The zero-order valence-corrected chi connectivity index (χ0v) is 24.8. The summed E-state index contributed by atoms with van der Waals surface area (Å²) in [4.78, 5) is 37.7. The molecule has 3 aromatic rings. The summed E-state index contributed by atoms with van der Waals surface area (Å²) in [6, 6.07) is 4.97. The molecule has 2 fully saturated rings. The highest BCUT2D eigenvalue weighted by atomic mass is 32.2. The third kappa shape index (κ3) is 4.90. The number of benzene rings is 2. The third-order valence-electron chi connectivity index (χ3n) is 8.73. The fourth-order valence-electron chi connectivity index (χ4n) is 6.70. The summed E-state index contributed by atoms with van der Waals surface area (Å²) in [5.41, 5.74) is 1.92. The van der Waals surface area contributed by atoms with Gasteiger partial charge in [0.05, 0.1) is 11.6 Å². The summed E-state index contributed by atoms with van der Waals surface area (Å²) >= 11 is 1.54. The topological polar surface area (TPSA) is 61.7 Å². The lowest BCUT2D eigenvalue weighted by Gasteiger charge is -2.45. The van der Waals surface area contributed by atoms with Crippen molar-refractivity contribution in [3.05, 3.63) is 64.6 Å². The number of likely N-dealkylation sites (tertiary alicyclic amines) is 1. The molecule has 7 nitrogen and oxygen atoms in total. The smallest absolute Gasteiger partial charge is 0.349 e. The van der Waals surface area contributed by atoms with Gasteiger partial charge in [-0.15, -0.1) is 11.8 Å². The Balaban J connectivity index is 1.54. The maximum absolute atomic E-state index is 15.2. The number of hydrogen-bond donors (Lipinski definition) is 0. The molecule has 0 bridgehead atoms. The lowest BCUT2D eigenvalue weighted by atomic mass is 9.96. The van der Waals surface area contributed by atoms with Crippen molar-refractivity contribution >= 4 is 34.4 Å². The molecule has 4 atom stereocenters. The Kier molecular flexibility index (Phi) is 7.59. The van der Waals surface area contributed by atoms with E-state index in [4.69, 9.17) is 0 Å². The van der Waals surface area contributed by atoms with Gasteiger partial charge in [-0.2, -0.15) is 4.98 Å². The van der Waals surface area contributed by atoms with Crippen molar-refractivity contribution in [2.75, 3.05) is 43.4 Å². The molecule has 6 rings (SSSR count). The van der Waals surface area contributed by atoms with E-state index >= 15 is 4.39 Å². The molecule has 1 aromatic heterocycles. The molecule has 3 aliphatic heterocycles. The van der Waals surface area contributed by atoms with Crippen LogP contribution < -0.4 is 10.6 Å². The Morgan fingerprint density at radius 2 is 1.95 bits per heavy atom. The number of carbonyl (C=O) groups is 1. The van der Waals surface area contributed by atoms with Crippen molar-refractivity contribution in [1.29, 1.82) is 0 Å². The SMILES string of the molecule is C=CC(=O)N1C[C@H](C)N(c2nc(=O)n3c4c(c(-c5ccc(F)cc5F)c(C)cc24)SCC3CN2CCC(F)C2)C[C@H]1C. The molecule has 0 radical (unpaired) electrons. The number of aromatic nitrogens is 2. The van der Waals surface area contributed by atoms with Gasteiger partial charge in [-0.05, 0) is 57.0 Å². The molecule has 0 spiro atoms. The van der Waals surface area contributed by atoms with Crippen molar-refractivity contribution in [1.82, 2.24) is 19.4 Å². The van der Waals surface area contributed by atoms with Gasteiger partial charge in [-0.25, -0.2) is 18.0 Å². The summed E-state index contributed by atoms with van der Waals surface area (Å²) in [7, 11) is 0. The van der Waals surface area contributed by atoms with Crippen LogP contribution in [0, 0.1) is 18.6 Å². The second-order valence-corrected chi connectivity index (χ2v) is 12.7. The molecular weight excluding hydrogens is 563 g/mol. The highest BCUT2D eigenvalue weighted by molar-refractivity contribution is 7.99. The molecule has 11 heteroatoms. The maximum atomic E-state index is 15.2. The summed E-state index contributed by atoms with van der Waals surface area (Å²) in [6.45, 7) is 11.8. The summed E-state index contributed by atoms with van der Waals surface area (Å²) < 4.78 is 44.8. The molecule has 42 heavy (non-hydrogen) atoms. The number of hydrogen-bond acceptors (Lipinski definition) is 6. The Labute approximate surface area is 247 Å². The number of piperazine rings is 1. The average molecular weight is 598 g/mol. The number of aryl methyl sites for hydroxylation is 1. The summed E-state index contributed by atoms with van der Waals surface area (Å²) in [6.07, 6.45) is 0.909. The average Bonchev–Trinajstić information content (AvgIpc) is 3.36. The number of nitrogens with zero attached hydrogens (tertiary/aromatic N) is 5. The standard InChI is InChI=1S/C31H34F3N5O2S/c1-5-26(40)37-12-19(4)38(13-18(37)3)30-24-10-17(2)27(23-7-6-20(32)11-25(23)34)29-28(24)39(31(41)35-30)22(16-42-29)15-36-9-8-21(33)14-36/h5-7,10-11,18-19,21-22H,1,8-9,12-16H2,2-4H3/t18-,19+,21?,22?/m1/s1. The van der Waals surface area contributed by atoms with Crippen molar-refractivity contribution in [2.24, 2.45) is 0 Å². The minimum absolute atomic E-state index is 0.133. The van der Waals surface area contributed by atoms with Crippen molar-refractivity contribution < 1.29 is 18.0 Å². The molecular formula is C31H34F3N5O2S. The number of alkyl halides is 1. The first-order chi connectivity index (χ1) is 20.1. The predicted molar refractivity (Wildman–Crippen MR) is 160 cm³/mol. The van der Waals surface area contributed by atoms with Crippen molar-refractivity contribution in [2.45, 2.75) is 56.4 Å². The van der Waals surface area contributed by atoms with Gasteiger partial charge < -0.3 is 9.80 Å². The van der Waals surface area contributed by atoms with Crippen LogP contribution in [0.5, 0.6) is 0 Å². The molecule has 0 N–H and O–H groups in total. The number of thioether (sulfide) groups is 1. The Morgan fingerprint density at radius 3 is 2.64 bits per heavy atom. The maximum Gasteiger partial charge on any atom is 0.350 e. The minimum Gasteiger partial charge on any atom is -0.349 e. The van der Waals surface area contributed by atoms with E-state index in [0.29, 0.717) is 61.8 Å². The highest BCUT2D eigenvalue weighted by Gasteiger charge is 2.36. The van der Waals surface area contributed by atoms with E-state index in [1.807, 2.05) is 31.7 Å². The first kappa shape index (κ1) is 28.8. The summed E-state index contributed by atoms with van der Waals surface area (Å²) in [5.74, 6) is -0.411. The van der Waals surface area contributed by atoms with Crippen LogP contribution in [0.2, 0.25) is 0 Å². The van der Waals surface area contributed by atoms with E-state index < -0.39 is 23.5 Å². The van der Waals surface area contributed by atoms with E-state index in [1.54, 1.807) is 21.2 Å². The highest BCUT2D eigenvalue weighted by Crippen LogP contribution is 2.47. The molecule has 3 aliphatic rings. The van der Waals surface area contributed by atoms with Crippen LogP contribution in [0.3, 0.4) is 0 Å². The summed E-state index contributed by atoms with van der Waals surface area (Å²) in [5, 5.41) is 0.762. The number of carbonyl (C=O) groups excluding carboxylic acids is 1. The molecule has 2 aromatic carbocycles. The fourth-order valence-corrected chi connectivity index (χ4v) is 8.07. The molecule has 2 unspecified atom stereocenters. The Bertz CT molecular complexity index is 1650. The molecule has 1 amide bonds. The molecule has 222 valence electrons. The predicted octanol–water partition coefficient (Wildman–Crippen LogP) is 4.95. The quantitative estimate of drug-likeness (QED) is 0.388. The van der Waals surface area contributed by atoms with Crippen LogP contribution in [0.25, 0.3) is 22.0 Å². The molecule has 0 saturated carbocycles. The van der Waals surface area contributed by atoms with Gasteiger partial charge in [0.2, 0.25) is 5.91 Å². The third-order valence-corrected chi connectivity index (χ3v) is 9.96. The first-order valence-corrected chi connectivity index (χ1v) is 15.3. The number of halogens is 3. The largest absolute Gasteiger partial charge is 0.350 e. The van der Waals surface area contributed by atoms with Crippen LogP contribution >= 0.6 is 11.8 Å². The Hall–Kier alpha value is -3.31. The van der Waals surface area contributed by atoms with Gasteiger partial charge in [0.15, 0.2) is 0 Å². The van der Waals surface area contributed by atoms with E-state index in [0.717, 1.165) is 21.9 Å². The van der Waals surface area contributed by atoms with E-state index in [2.05, 4.69) is 16.5 Å². The lowest BCUT2D eigenvalue weighted by Crippen LogP contribution is -2.58.